The number of hydrogen-bond donors (Lipinski definition) is 0. The number of carbonyl (C=O) groups excluding carboxylic acids is 1. The number of hydrogen-bond acceptors (Lipinski definition) is 3. The second-order valence-electron chi connectivity index (χ2n) is 2.21. The van der Waals surface area contributed by atoms with Crippen molar-refractivity contribution in [3.63, 3.8) is 0 Å². The van der Waals surface area contributed by atoms with Crippen LogP contribution in [0.2, 0.25) is 0 Å². The zero-order chi connectivity index (χ0) is 9.84. The van der Waals surface area contributed by atoms with Crippen LogP contribution in [0.3, 0.4) is 0 Å². The first-order valence-electron chi connectivity index (χ1n) is 3.42. The Morgan fingerprint density at radius 3 is 2.69 bits per heavy atom. The van der Waals surface area contributed by atoms with E-state index in [4.69, 9.17) is 10.7 Å². The third kappa shape index (κ3) is 2.37. The molecule has 1 rings (SSSR count). The topological polar surface area (TPSA) is 49.4 Å². The largest absolute Gasteiger partial charge is 0.594 e. The molecule has 0 aliphatic rings. The minimum Gasteiger partial charge on any atom is -0.594 e. The van der Waals surface area contributed by atoms with Gasteiger partial charge in [0.05, 0.1) is 7.11 Å². The van der Waals surface area contributed by atoms with Gasteiger partial charge in [0.2, 0.25) is 0 Å². The molecule has 0 amide bonds. The summed E-state index contributed by atoms with van der Waals surface area (Å²) in [6.07, 6.45) is 0. The molecule has 1 atom stereocenters. The van der Waals surface area contributed by atoms with Gasteiger partial charge < -0.3 is 9.29 Å². The average Bonchev–Trinajstić information content (AvgIpc) is 2.16. The Kier molecular flexibility index (Phi) is 3.59. The summed E-state index contributed by atoms with van der Waals surface area (Å²) in [5.74, 6) is -0.537. The van der Waals surface area contributed by atoms with E-state index >= 15 is 0 Å². The summed E-state index contributed by atoms with van der Waals surface area (Å²) in [4.78, 5) is 11.4. The third-order valence-electron chi connectivity index (χ3n) is 1.47. The second kappa shape index (κ2) is 4.50. The SMILES string of the molecule is COC(=O)c1ccccc1[S+]([O-])Cl. The Balaban J connectivity index is 3.12. The number of benzene rings is 1. The van der Waals surface area contributed by atoms with Gasteiger partial charge in [0.1, 0.15) is 16.0 Å². The maximum absolute atomic E-state index is 11.1. The Morgan fingerprint density at radius 2 is 2.15 bits per heavy atom. The summed E-state index contributed by atoms with van der Waals surface area (Å²) in [6, 6.07) is 6.35. The Labute approximate surface area is 83.3 Å². The summed E-state index contributed by atoms with van der Waals surface area (Å²) < 4.78 is 15.5. The third-order valence-corrected chi connectivity index (χ3v) is 2.67. The first-order chi connectivity index (χ1) is 6.16. The second-order valence-corrected chi connectivity index (χ2v) is 3.94. The van der Waals surface area contributed by atoms with Crippen LogP contribution in [0.4, 0.5) is 0 Å². The molecule has 70 valence electrons. The lowest BCUT2D eigenvalue weighted by molar-refractivity contribution is 0.0596. The molecule has 0 fully saturated rings. The van der Waals surface area contributed by atoms with E-state index in [0.717, 1.165) is 0 Å². The fourth-order valence-corrected chi connectivity index (χ4v) is 1.80. The summed E-state index contributed by atoms with van der Waals surface area (Å²) in [5.41, 5.74) is 0.235. The van der Waals surface area contributed by atoms with E-state index in [-0.39, 0.29) is 10.5 Å². The van der Waals surface area contributed by atoms with Crippen LogP contribution in [0.5, 0.6) is 0 Å². The Morgan fingerprint density at radius 1 is 1.54 bits per heavy atom. The van der Waals surface area contributed by atoms with Crippen LogP contribution < -0.4 is 0 Å². The molecular weight excluding hydrogens is 212 g/mol. The summed E-state index contributed by atoms with van der Waals surface area (Å²) in [6.45, 7) is 0. The molecule has 0 aromatic heterocycles. The van der Waals surface area contributed by atoms with E-state index < -0.39 is 16.4 Å². The summed E-state index contributed by atoms with van der Waals surface area (Å²) >= 11 is 0. The van der Waals surface area contributed by atoms with Crippen molar-refractivity contribution in [1.82, 2.24) is 0 Å². The fraction of sp³-hybridized carbons (Fsp3) is 0.125. The molecule has 1 aromatic rings. The van der Waals surface area contributed by atoms with Gasteiger partial charge in [0.25, 0.3) is 0 Å². The van der Waals surface area contributed by atoms with Crippen LogP contribution in [0.1, 0.15) is 10.4 Å². The number of carbonyl (C=O) groups is 1. The number of esters is 1. The van der Waals surface area contributed by atoms with Crippen molar-refractivity contribution in [2.24, 2.45) is 0 Å². The predicted octanol–water partition coefficient (Wildman–Crippen LogP) is 1.73. The molecule has 0 aliphatic carbocycles. The number of methoxy groups -OCH3 is 1. The number of halogens is 1. The van der Waals surface area contributed by atoms with Crippen LogP contribution in [-0.4, -0.2) is 17.6 Å². The van der Waals surface area contributed by atoms with Gasteiger partial charge in [0, 0.05) is 0 Å². The molecule has 0 aliphatic heterocycles. The van der Waals surface area contributed by atoms with Crippen molar-refractivity contribution >= 4 is 27.0 Å². The lowest BCUT2D eigenvalue weighted by atomic mass is 10.2. The quantitative estimate of drug-likeness (QED) is 0.561. The molecule has 0 heterocycles. The van der Waals surface area contributed by atoms with E-state index in [9.17, 15) is 9.35 Å². The van der Waals surface area contributed by atoms with Crippen LogP contribution in [0, 0.1) is 0 Å². The van der Waals surface area contributed by atoms with Gasteiger partial charge in [0.15, 0.2) is 15.6 Å². The van der Waals surface area contributed by atoms with Gasteiger partial charge in [-0.3, -0.25) is 0 Å². The number of rotatable bonds is 2. The molecule has 0 N–H and O–H groups in total. The molecule has 3 nitrogen and oxygen atoms in total. The van der Waals surface area contributed by atoms with Gasteiger partial charge in [-0.1, -0.05) is 12.1 Å². The summed E-state index contributed by atoms with van der Waals surface area (Å²) in [7, 11) is 4.94. The molecule has 0 saturated heterocycles. The highest BCUT2D eigenvalue weighted by Crippen LogP contribution is 2.19. The minimum absolute atomic E-state index is 0.235. The smallest absolute Gasteiger partial charge is 0.343 e. The van der Waals surface area contributed by atoms with Gasteiger partial charge in [-0.2, -0.15) is 0 Å². The van der Waals surface area contributed by atoms with Gasteiger partial charge in [-0.25, -0.2) is 4.79 Å². The first kappa shape index (κ1) is 10.4. The standard InChI is InChI=1S/C8H7ClO3S/c1-12-8(10)6-4-2-3-5-7(6)13(9)11/h2-5H,1H3. The molecule has 1 aromatic carbocycles. The van der Waals surface area contributed by atoms with Gasteiger partial charge in [-0.05, 0) is 12.1 Å². The Bertz CT molecular complexity index is 314. The molecule has 1 unspecified atom stereocenters. The van der Waals surface area contributed by atoms with E-state index in [0.29, 0.717) is 0 Å². The molecule has 0 saturated carbocycles. The molecule has 0 radical (unpaired) electrons. The van der Waals surface area contributed by atoms with Crippen molar-refractivity contribution in [3.05, 3.63) is 29.8 Å². The zero-order valence-electron chi connectivity index (χ0n) is 6.82. The zero-order valence-corrected chi connectivity index (χ0v) is 8.39. The maximum Gasteiger partial charge on any atom is 0.343 e. The average molecular weight is 219 g/mol. The minimum atomic E-state index is -1.69. The van der Waals surface area contributed by atoms with Crippen LogP contribution in [0.15, 0.2) is 29.2 Å². The predicted molar refractivity (Wildman–Crippen MR) is 50.0 cm³/mol. The van der Waals surface area contributed by atoms with Gasteiger partial charge >= 0.3 is 5.97 Å². The first-order valence-corrected chi connectivity index (χ1v) is 5.39. The molecule has 13 heavy (non-hydrogen) atoms. The van der Waals surface area contributed by atoms with Crippen LogP contribution in [0.25, 0.3) is 0 Å². The van der Waals surface area contributed by atoms with E-state index in [1.807, 2.05) is 0 Å². The van der Waals surface area contributed by atoms with Crippen molar-refractivity contribution in [2.45, 2.75) is 4.90 Å². The Hall–Kier alpha value is -0.710. The monoisotopic (exact) mass is 218 g/mol. The molecule has 5 heteroatoms. The normalized spacial score (nSPS) is 12.2. The fourth-order valence-electron chi connectivity index (χ4n) is 0.885. The highest BCUT2D eigenvalue weighted by atomic mass is 35.7. The summed E-state index contributed by atoms with van der Waals surface area (Å²) in [5, 5.41) is 0. The van der Waals surface area contributed by atoms with Crippen molar-refractivity contribution in [1.29, 1.82) is 0 Å². The van der Waals surface area contributed by atoms with Crippen LogP contribution in [-0.2, 0) is 15.1 Å². The molecule has 0 bridgehead atoms. The van der Waals surface area contributed by atoms with Gasteiger partial charge in [-0.15, -0.1) is 0 Å². The van der Waals surface area contributed by atoms with E-state index in [1.54, 1.807) is 12.1 Å². The van der Waals surface area contributed by atoms with Crippen LogP contribution >= 0.6 is 10.7 Å². The van der Waals surface area contributed by atoms with Crippen molar-refractivity contribution in [2.75, 3.05) is 7.11 Å². The van der Waals surface area contributed by atoms with E-state index in [2.05, 4.69) is 4.74 Å². The van der Waals surface area contributed by atoms with E-state index in [1.165, 1.54) is 19.2 Å². The highest BCUT2D eigenvalue weighted by molar-refractivity contribution is 8.13. The maximum atomic E-state index is 11.1. The molecular formula is C8H7ClO3S. The number of ether oxygens (including phenoxy) is 1. The lowest BCUT2D eigenvalue weighted by Crippen LogP contribution is -2.06. The highest BCUT2D eigenvalue weighted by Gasteiger charge is 2.19. The van der Waals surface area contributed by atoms with Crippen molar-refractivity contribution in [3.8, 4) is 0 Å². The lowest BCUT2D eigenvalue weighted by Gasteiger charge is -2.04. The van der Waals surface area contributed by atoms with Crippen molar-refractivity contribution < 1.29 is 14.1 Å². The molecule has 0 spiro atoms.